The van der Waals surface area contributed by atoms with Crippen LogP contribution in [0.3, 0.4) is 0 Å². The third-order valence-electron chi connectivity index (χ3n) is 5.40. The Labute approximate surface area is 204 Å². The number of benzene rings is 2. The summed E-state index contributed by atoms with van der Waals surface area (Å²) in [5, 5.41) is -0.259. The molecule has 0 atom stereocenters. The molecule has 0 saturated heterocycles. The molecule has 4 aromatic rings. The number of carbonyl (C=O) groups excluding carboxylic acids is 1. The van der Waals surface area contributed by atoms with Crippen LogP contribution < -0.4 is 9.46 Å². The van der Waals surface area contributed by atoms with Crippen molar-refractivity contribution in [1.82, 2.24) is 14.7 Å². The Morgan fingerprint density at radius 3 is 2.17 bits per heavy atom. The minimum absolute atomic E-state index is 0.00634. The fourth-order valence-electron chi connectivity index (χ4n) is 3.74. The van der Waals surface area contributed by atoms with Crippen LogP contribution in [0.4, 0.5) is 0 Å². The second-order valence-corrected chi connectivity index (χ2v) is 9.98. The molecule has 0 radical (unpaired) electrons. The number of carbonyl (C=O) groups is 1. The van der Waals surface area contributed by atoms with Gasteiger partial charge in [0.1, 0.15) is 11.3 Å². The molecule has 1 N–H and O–H groups in total. The van der Waals surface area contributed by atoms with E-state index in [4.69, 9.17) is 4.74 Å². The quantitative estimate of drug-likeness (QED) is 0.397. The zero-order valence-electron chi connectivity index (χ0n) is 19.9. The molecule has 0 fully saturated rings. The van der Waals surface area contributed by atoms with Gasteiger partial charge in [-0.25, -0.2) is 14.7 Å². The summed E-state index contributed by atoms with van der Waals surface area (Å²) in [4.78, 5) is 21.6. The zero-order chi connectivity index (χ0) is 25.2. The molecule has 2 heterocycles. The minimum Gasteiger partial charge on any atom is -0.438 e. The van der Waals surface area contributed by atoms with E-state index in [0.29, 0.717) is 11.4 Å². The van der Waals surface area contributed by atoms with Crippen LogP contribution in [0.1, 0.15) is 32.6 Å². The van der Waals surface area contributed by atoms with Crippen molar-refractivity contribution < 1.29 is 17.9 Å². The van der Waals surface area contributed by atoms with Gasteiger partial charge in [0, 0.05) is 11.8 Å². The van der Waals surface area contributed by atoms with Crippen LogP contribution in [0.25, 0.3) is 11.3 Å². The van der Waals surface area contributed by atoms with Crippen molar-refractivity contribution in [1.29, 1.82) is 0 Å². The molecule has 0 bridgehead atoms. The van der Waals surface area contributed by atoms with Crippen LogP contribution in [-0.4, -0.2) is 24.3 Å². The average molecular weight is 488 g/mol. The maximum Gasteiger partial charge on any atom is 0.281 e. The molecule has 7 nitrogen and oxygen atoms in total. The first-order chi connectivity index (χ1) is 16.6. The van der Waals surface area contributed by atoms with Gasteiger partial charge < -0.3 is 4.74 Å². The summed E-state index contributed by atoms with van der Waals surface area (Å²) in [6.07, 6.45) is 1.34. The first-order valence-electron chi connectivity index (χ1n) is 11.0. The summed E-state index contributed by atoms with van der Waals surface area (Å²) in [5.41, 5.74) is 5.34. The molecule has 2 aromatic carbocycles. The maximum absolute atomic E-state index is 13.1. The molecule has 178 valence electrons. The van der Waals surface area contributed by atoms with E-state index in [1.807, 2.05) is 64.1 Å². The molecule has 2 aromatic heterocycles. The predicted molar refractivity (Wildman–Crippen MR) is 134 cm³/mol. The smallest absolute Gasteiger partial charge is 0.281 e. The van der Waals surface area contributed by atoms with Gasteiger partial charge in [0.25, 0.3) is 15.9 Å². The SMILES string of the molecule is Cc1ccc(-c2ccc(C(=O)NS(=O)(=O)c3ccccn3)c(Oc3c(C)cc(C)cc3C)n2)cc1. The summed E-state index contributed by atoms with van der Waals surface area (Å²) in [6.45, 7) is 7.79. The molecule has 8 heteroatoms. The fraction of sp³-hybridized carbons (Fsp3) is 0.148. The standard InChI is InChI=1S/C27H25N3O4S/c1-17-8-10-21(11-9-17)23-13-12-22(26(31)30-35(32,33)24-7-5-6-14-28-24)27(29-23)34-25-19(3)15-18(2)16-20(25)4/h5-16H,1-4H3,(H,30,31). The maximum atomic E-state index is 13.1. The fourth-order valence-corrected chi connectivity index (χ4v) is 4.65. The second kappa shape index (κ2) is 9.68. The van der Waals surface area contributed by atoms with Crippen LogP contribution in [0.5, 0.6) is 11.6 Å². The number of aromatic nitrogens is 2. The highest BCUT2D eigenvalue weighted by molar-refractivity contribution is 7.90. The average Bonchev–Trinajstić information content (AvgIpc) is 2.82. The third-order valence-corrected chi connectivity index (χ3v) is 6.64. The van der Waals surface area contributed by atoms with Crippen molar-refractivity contribution in [2.75, 3.05) is 0 Å². The molecule has 1 amide bonds. The highest BCUT2D eigenvalue weighted by Gasteiger charge is 2.24. The van der Waals surface area contributed by atoms with Gasteiger partial charge in [0.05, 0.1) is 5.69 Å². The molecular formula is C27H25N3O4S. The highest BCUT2D eigenvalue weighted by Crippen LogP contribution is 2.32. The Bertz CT molecular complexity index is 1480. The number of nitrogens with zero attached hydrogens (tertiary/aromatic N) is 2. The van der Waals surface area contributed by atoms with Crippen LogP contribution in [0, 0.1) is 27.7 Å². The van der Waals surface area contributed by atoms with Crippen molar-refractivity contribution in [3.05, 3.63) is 101 Å². The lowest BCUT2D eigenvalue weighted by atomic mass is 10.1. The number of nitrogens with one attached hydrogen (secondary N) is 1. The van der Waals surface area contributed by atoms with Gasteiger partial charge in [0.2, 0.25) is 5.88 Å². The Hall–Kier alpha value is -4.04. The molecule has 0 aliphatic rings. The number of aryl methyl sites for hydroxylation is 4. The second-order valence-electron chi connectivity index (χ2n) is 8.35. The van der Waals surface area contributed by atoms with E-state index in [-0.39, 0.29) is 16.5 Å². The Morgan fingerprint density at radius 1 is 0.857 bits per heavy atom. The summed E-state index contributed by atoms with van der Waals surface area (Å²) in [5.74, 6) is -0.298. The summed E-state index contributed by atoms with van der Waals surface area (Å²) >= 11 is 0. The number of rotatable bonds is 6. The molecule has 0 aliphatic heterocycles. The van der Waals surface area contributed by atoms with Gasteiger partial charge in [-0.3, -0.25) is 4.79 Å². The number of ether oxygens (including phenoxy) is 1. The minimum atomic E-state index is -4.18. The van der Waals surface area contributed by atoms with Crippen molar-refractivity contribution in [2.24, 2.45) is 0 Å². The van der Waals surface area contributed by atoms with E-state index in [2.05, 4.69) is 14.7 Å². The lowest BCUT2D eigenvalue weighted by molar-refractivity contribution is 0.0978. The molecule has 0 saturated carbocycles. The van der Waals surface area contributed by atoms with Gasteiger partial charge in [-0.2, -0.15) is 8.42 Å². The van der Waals surface area contributed by atoms with E-state index >= 15 is 0 Å². The van der Waals surface area contributed by atoms with E-state index in [9.17, 15) is 13.2 Å². The number of sulfonamides is 1. The topological polar surface area (TPSA) is 98.2 Å². The van der Waals surface area contributed by atoms with Gasteiger partial charge in [-0.1, -0.05) is 53.6 Å². The number of pyridine rings is 2. The molecule has 4 rings (SSSR count). The van der Waals surface area contributed by atoms with Crippen LogP contribution in [-0.2, 0) is 10.0 Å². The molecule has 0 unspecified atom stereocenters. The molecular weight excluding hydrogens is 462 g/mol. The lowest BCUT2D eigenvalue weighted by Crippen LogP contribution is -2.31. The van der Waals surface area contributed by atoms with Crippen molar-refractivity contribution in [3.63, 3.8) is 0 Å². The van der Waals surface area contributed by atoms with E-state index in [1.165, 1.54) is 24.4 Å². The number of hydrogen-bond donors (Lipinski definition) is 1. The van der Waals surface area contributed by atoms with Gasteiger partial charge in [-0.15, -0.1) is 0 Å². The zero-order valence-corrected chi connectivity index (χ0v) is 20.7. The molecule has 0 spiro atoms. The van der Waals surface area contributed by atoms with Gasteiger partial charge >= 0.3 is 0 Å². The Kier molecular flexibility index (Phi) is 6.66. The van der Waals surface area contributed by atoms with Crippen LogP contribution >= 0.6 is 0 Å². The van der Waals surface area contributed by atoms with Crippen LogP contribution in [0.15, 0.2) is 78.0 Å². The normalized spacial score (nSPS) is 11.2. The predicted octanol–water partition coefficient (Wildman–Crippen LogP) is 5.29. The van der Waals surface area contributed by atoms with Crippen molar-refractivity contribution in [3.8, 4) is 22.9 Å². The van der Waals surface area contributed by atoms with E-state index in [0.717, 1.165) is 27.8 Å². The van der Waals surface area contributed by atoms with Gasteiger partial charge in [0.15, 0.2) is 5.03 Å². The molecule has 35 heavy (non-hydrogen) atoms. The van der Waals surface area contributed by atoms with Crippen molar-refractivity contribution in [2.45, 2.75) is 32.7 Å². The van der Waals surface area contributed by atoms with Crippen molar-refractivity contribution >= 4 is 15.9 Å². The third kappa shape index (κ3) is 5.38. The highest BCUT2D eigenvalue weighted by atomic mass is 32.2. The first-order valence-corrected chi connectivity index (χ1v) is 12.4. The van der Waals surface area contributed by atoms with E-state index in [1.54, 1.807) is 12.1 Å². The summed E-state index contributed by atoms with van der Waals surface area (Å²) < 4.78 is 33.6. The lowest BCUT2D eigenvalue weighted by Gasteiger charge is -2.16. The largest absolute Gasteiger partial charge is 0.438 e. The summed E-state index contributed by atoms with van der Waals surface area (Å²) in [7, 11) is -4.18. The monoisotopic (exact) mass is 487 g/mol. The first kappa shape index (κ1) is 24.1. The molecule has 0 aliphatic carbocycles. The van der Waals surface area contributed by atoms with E-state index < -0.39 is 15.9 Å². The van der Waals surface area contributed by atoms with Crippen LogP contribution in [0.2, 0.25) is 0 Å². The Morgan fingerprint density at radius 2 is 1.54 bits per heavy atom. The Balaban J connectivity index is 1.77. The number of amides is 1. The van der Waals surface area contributed by atoms with Gasteiger partial charge in [-0.05, 0) is 63.1 Å². The number of hydrogen-bond acceptors (Lipinski definition) is 6. The summed E-state index contributed by atoms with van der Waals surface area (Å²) in [6, 6.07) is 19.3.